The first-order valence-corrected chi connectivity index (χ1v) is 10.4. The second-order valence-electron chi connectivity index (χ2n) is 7.99. The lowest BCUT2D eigenvalue weighted by Gasteiger charge is -2.23. The maximum absolute atomic E-state index is 12.2. The average molecular weight is 394 g/mol. The zero-order valence-corrected chi connectivity index (χ0v) is 16.5. The van der Waals surface area contributed by atoms with Crippen LogP contribution in [0.15, 0.2) is 36.4 Å². The highest BCUT2D eigenvalue weighted by atomic mass is 16.5. The van der Waals surface area contributed by atoms with E-state index in [0.717, 1.165) is 17.5 Å². The first kappa shape index (κ1) is 19.5. The molecule has 0 aromatic heterocycles. The van der Waals surface area contributed by atoms with Crippen LogP contribution in [0.5, 0.6) is 11.5 Å². The standard InChI is InChI=1S/C24H26O5/c25-21-10-9-18-12-22(28-14-16-5-2-1-3-6-16)23(13-20(18)21)29-15-17-7-4-8-19(11-17)24(26)27/h4,7-8,11-13,16H,1-3,5-6,9-10,14-15H2,(H,26,27). The molecule has 0 heterocycles. The molecule has 0 radical (unpaired) electrons. The van der Waals surface area contributed by atoms with Gasteiger partial charge in [0, 0.05) is 12.0 Å². The van der Waals surface area contributed by atoms with Crippen molar-refractivity contribution in [1.29, 1.82) is 0 Å². The lowest BCUT2D eigenvalue weighted by molar-refractivity contribution is 0.0696. The van der Waals surface area contributed by atoms with Gasteiger partial charge in [-0.25, -0.2) is 4.79 Å². The highest BCUT2D eigenvalue weighted by Crippen LogP contribution is 2.36. The van der Waals surface area contributed by atoms with E-state index in [2.05, 4.69) is 0 Å². The monoisotopic (exact) mass is 394 g/mol. The van der Waals surface area contributed by atoms with Crippen molar-refractivity contribution >= 4 is 11.8 Å². The molecule has 1 N–H and O–H groups in total. The molecule has 2 aromatic carbocycles. The summed E-state index contributed by atoms with van der Waals surface area (Å²) in [5.74, 6) is 0.968. The fourth-order valence-corrected chi connectivity index (χ4v) is 4.19. The second kappa shape index (κ2) is 8.68. The van der Waals surface area contributed by atoms with E-state index in [1.54, 1.807) is 24.3 Å². The van der Waals surface area contributed by atoms with Crippen LogP contribution in [0.4, 0.5) is 0 Å². The summed E-state index contributed by atoms with van der Waals surface area (Å²) < 4.78 is 12.2. The molecule has 2 aliphatic carbocycles. The van der Waals surface area contributed by atoms with Gasteiger partial charge in [0.25, 0.3) is 0 Å². The molecule has 1 saturated carbocycles. The van der Waals surface area contributed by atoms with E-state index < -0.39 is 5.97 Å². The van der Waals surface area contributed by atoms with Gasteiger partial charge in [-0.1, -0.05) is 31.4 Å². The van der Waals surface area contributed by atoms with Crippen LogP contribution in [0.1, 0.15) is 70.4 Å². The number of rotatable bonds is 7. The van der Waals surface area contributed by atoms with Gasteiger partial charge < -0.3 is 14.6 Å². The number of aromatic carboxylic acids is 1. The third-order valence-electron chi connectivity index (χ3n) is 5.86. The van der Waals surface area contributed by atoms with Crippen LogP contribution in [0.3, 0.4) is 0 Å². The molecule has 152 valence electrons. The van der Waals surface area contributed by atoms with Crippen molar-refractivity contribution in [2.24, 2.45) is 5.92 Å². The summed E-state index contributed by atoms with van der Waals surface area (Å²) in [4.78, 5) is 23.3. The highest BCUT2D eigenvalue weighted by Gasteiger charge is 2.24. The van der Waals surface area contributed by atoms with Crippen molar-refractivity contribution in [3.8, 4) is 11.5 Å². The number of ether oxygens (including phenoxy) is 2. The summed E-state index contributed by atoms with van der Waals surface area (Å²) >= 11 is 0. The van der Waals surface area contributed by atoms with E-state index in [9.17, 15) is 9.59 Å². The molecule has 0 amide bonds. The summed E-state index contributed by atoms with van der Waals surface area (Å²) in [6.45, 7) is 0.880. The van der Waals surface area contributed by atoms with Crippen molar-refractivity contribution in [2.75, 3.05) is 6.61 Å². The van der Waals surface area contributed by atoms with Gasteiger partial charge in [0.2, 0.25) is 0 Å². The number of hydrogen-bond donors (Lipinski definition) is 1. The zero-order chi connectivity index (χ0) is 20.2. The molecular weight excluding hydrogens is 368 g/mol. The van der Waals surface area contributed by atoms with E-state index in [-0.39, 0.29) is 18.0 Å². The van der Waals surface area contributed by atoms with Crippen molar-refractivity contribution < 1.29 is 24.2 Å². The Morgan fingerprint density at radius 2 is 1.79 bits per heavy atom. The smallest absolute Gasteiger partial charge is 0.335 e. The summed E-state index contributed by atoms with van der Waals surface area (Å²) in [6.07, 6.45) is 7.49. The van der Waals surface area contributed by atoms with Gasteiger partial charge in [0.05, 0.1) is 12.2 Å². The number of carbonyl (C=O) groups is 2. The molecule has 0 unspecified atom stereocenters. The Balaban J connectivity index is 1.52. The molecule has 29 heavy (non-hydrogen) atoms. The number of aryl methyl sites for hydroxylation is 1. The first-order valence-electron chi connectivity index (χ1n) is 10.4. The van der Waals surface area contributed by atoms with Gasteiger partial charge in [-0.3, -0.25) is 4.79 Å². The van der Waals surface area contributed by atoms with Gasteiger partial charge in [-0.05, 0) is 60.6 Å². The van der Waals surface area contributed by atoms with E-state index >= 15 is 0 Å². The molecule has 2 aliphatic rings. The molecular formula is C24H26O5. The summed E-state index contributed by atoms with van der Waals surface area (Å²) in [7, 11) is 0. The van der Waals surface area contributed by atoms with E-state index in [1.807, 2.05) is 12.1 Å². The van der Waals surface area contributed by atoms with Gasteiger partial charge in [0.1, 0.15) is 6.61 Å². The van der Waals surface area contributed by atoms with Crippen LogP contribution in [0.25, 0.3) is 0 Å². The molecule has 5 nitrogen and oxygen atoms in total. The highest BCUT2D eigenvalue weighted by molar-refractivity contribution is 6.01. The van der Waals surface area contributed by atoms with Crippen molar-refractivity contribution in [3.05, 3.63) is 58.7 Å². The Hall–Kier alpha value is -2.82. The molecule has 2 aromatic rings. The zero-order valence-electron chi connectivity index (χ0n) is 16.5. The largest absolute Gasteiger partial charge is 0.489 e. The molecule has 0 bridgehead atoms. The Morgan fingerprint density at radius 1 is 1.00 bits per heavy atom. The molecule has 4 rings (SSSR count). The van der Waals surface area contributed by atoms with Crippen LogP contribution < -0.4 is 9.47 Å². The maximum atomic E-state index is 12.2. The first-order chi connectivity index (χ1) is 14.1. The maximum Gasteiger partial charge on any atom is 0.335 e. The Kier molecular flexibility index (Phi) is 5.84. The van der Waals surface area contributed by atoms with E-state index in [0.29, 0.717) is 36.0 Å². The number of carbonyl (C=O) groups excluding carboxylic acids is 1. The quantitative estimate of drug-likeness (QED) is 0.711. The fraction of sp³-hybridized carbons (Fsp3) is 0.417. The van der Waals surface area contributed by atoms with Crippen LogP contribution in [-0.4, -0.2) is 23.5 Å². The third kappa shape index (κ3) is 4.61. The van der Waals surface area contributed by atoms with Crippen molar-refractivity contribution in [2.45, 2.75) is 51.6 Å². The number of carboxylic acids is 1. The van der Waals surface area contributed by atoms with E-state index in [4.69, 9.17) is 14.6 Å². The molecule has 0 aliphatic heterocycles. The average Bonchev–Trinajstić information content (AvgIpc) is 3.11. The van der Waals surface area contributed by atoms with Gasteiger partial charge >= 0.3 is 5.97 Å². The number of ketones is 1. The normalized spacial score (nSPS) is 16.5. The molecule has 1 fully saturated rings. The van der Waals surface area contributed by atoms with E-state index in [1.165, 1.54) is 32.1 Å². The number of hydrogen-bond acceptors (Lipinski definition) is 4. The second-order valence-corrected chi connectivity index (χ2v) is 7.99. The van der Waals surface area contributed by atoms with Crippen LogP contribution in [0.2, 0.25) is 0 Å². The summed E-state index contributed by atoms with van der Waals surface area (Å²) in [5.41, 5.74) is 2.72. The number of Topliss-reactive ketones (excluding diaryl/α,β-unsaturated/α-hetero) is 1. The topological polar surface area (TPSA) is 72.8 Å². The van der Waals surface area contributed by atoms with Crippen LogP contribution in [-0.2, 0) is 13.0 Å². The predicted octanol–water partition coefficient (Wildman–Crippen LogP) is 5.05. The molecule has 0 atom stereocenters. The number of fused-ring (bicyclic) bond motifs is 1. The van der Waals surface area contributed by atoms with Gasteiger partial charge in [0.15, 0.2) is 17.3 Å². The van der Waals surface area contributed by atoms with Crippen LogP contribution >= 0.6 is 0 Å². The number of benzene rings is 2. The fourth-order valence-electron chi connectivity index (χ4n) is 4.19. The molecule has 5 heteroatoms. The van der Waals surface area contributed by atoms with Crippen LogP contribution in [0, 0.1) is 5.92 Å². The SMILES string of the molecule is O=C(O)c1cccc(COc2cc3c(cc2OCC2CCCCC2)CCC3=O)c1. The molecule has 0 spiro atoms. The molecule has 0 saturated heterocycles. The van der Waals surface area contributed by atoms with Gasteiger partial charge in [-0.2, -0.15) is 0 Å². The number of carboxylic acid groups (broad SMARTS) is 1. The minimum Gasteiger partial charge on any atom is -0.489 e. The van der Waals surface area contributed by atoms with Crippen molar-refractivity contribution in [1.82, 2.24) is 0 Å². The van der Waals surface area contributed by atoms with Crippen molar-refractivity contribution in [3.63, 3.8) is 0 Å². The Bertz CT molecular complexity index is 911. The third-order valence-corrected chi connectivity index (χ3v) is 5.86. The Labute approximate surface area is 170 Å². The Morgan fingerprint density at radius 3 is 2.59 bits per heavy atom. The lowest BCUT2D eigenvalue weighted by atomic mass is 9.90. The summed E-state index contributed by atoms with van der Waals surface area (Å²) in [6, 6.07) is 10.4. The van der Waals surface area contributed by atoms with Gasteiger partial charge in [-0.15, -0.1) is 0 Å². The predicted molar refractivity (Wildman–Crippen MR) is 109 cm³/mol. The summed E-state index contributed by atoms with van der Waals surface area (Å²) in [5, 5.41) is 9.17. The minimum atomic E-state index is -0.966. The minimum absolute atomic E-state index is 0.136. The lowest BCUT2D eigenvalue weighted by Crippen LogP contribution is -2.15.